The molecule has 0 fully saturated rings. The van der Waals surface area contributed by atoms with Crippen LogP contribution >= 0.6 is 8.38 Å². The van der Waals surface area contributed by atoms with Crippen LogP contribution in [-0.2, 0) is 23.5 Å². The van der Waals surface area contributed by atoms with Crippen molar-refractivity contribution in [1.29, 1.82) is 5.26 Å². The number of aryl methyl sites for hydroxylation is 2. The van der Waals surface area contributed by atoms with E-state index in [1.807, 2.05) is 49.4 Å². The monoisotopic (exact) mass is 540 g/mol. The van der Waals surface area contributed by atoms with E-state index >= 15 is 0 Å². The first kappa shape index (κ1) is 29.0. The van der Waals surface area contributed by atoms with Gasteiger partial charge in [0.05, 0.1) is 30.1 Å². The molecule has 0 saturated carbocycles. The molecule has 10 heteroatoms. The Morgan fingerprint density at radius 1 is 1.24 bits per heavy atom. The van der Waals surface area contributed by atoms with Crippen LogP contribution in [0.1, 0.15) is 41.0 Å². The lowest BCUT2D eigenvalue weighted by Gasteiger charge is -2.15. The highest BCUT2D eigenvalue weighted by atomic mass is 31.2. The minimum absolute atomic E-state index is 0.168. The second kappa shape index (κ2) is 13.3. The Morgan fingerprint density at radius 2 is 1.97 bits per heavy atom. The zero-order valence-corrected chi connectivity index (χ0v) is 21.6. The lowest BCUT2D eigenvalue weighted by Crippen LogP contribution is -2.17. The van der Waals surface area contributed by atoms with Crippen molar-refractivity contribution in [1.82, 2.24) is 9.97 Å². The molecule has 38 heavy (non-hydrogen) atoms. The maximum Gasteiger partial charge on any atom is 0.416 e. The maximum atomic E-state index is 14.0. The van der Waals surface area contributed by atoms with Gasteiger partial charge in [0.1, 0.15) is 11.6 Å². The van der Waals surface area contributed by atoms with Crippen LogP contribution in [0.5, 0.6) is 0 Å². The third kappa shape index (κ3) is 7.98. The maximum absolute atomic E-state index is 14.0. The minimum atomic E-state index is -4.53. The fraction of sp³-hybridized carbons (Fsp3) is 0.214. The molecule has 198 valence electrons. The van der Waals surface area contributed by atoms with Gasteiger partial charge in [-0.05, 0) is 48.1 Å². The fourth-order valence-electron chi connectivity index (χ4n) is 3.74. The Hall–Kier alpha value is -3.54. The summed E-state index contributed by atoms with van der Waals surface area (Å²) < 4.78 is 46.8. The number of imidazole rings is 1. The first-order valence-electron chi connectivity index (χ1n) is 11.7. The van der Waals surface area contributed by atoms with Gasteiger partial charge in [-0.1, -0.05) is 67.3 Å². The van der Waals surface area contributed by atoms with E-state index in [1.54, 1.807) is 18.0 Å². The summed E-state index contributed by atoms with van der Waals surface area (Å²) in [5.74, 6) is 1.83. The Labute approximate surface area is 220 Å². The predicted molar refractivity (Wildman–Crippen MR) is 143 cm³/mol. The van der Waals surface area contributed by atoms with Gasteiger partial charge in [-0.3, -0.25) is 0 Å². The van der Waals surface area contributed by atoms with E-state index in [0.717, 1.165) is 22.8 Å². The van der Waals surface area contributed by atoms with Gasteiger partial charge >= 0.3 is 6.18 Å². The van der Waals surface area contributed by atoms with Crippen molar-refractivity contribution in [2.45, 2.75) is 32.0 Å². The molecule has 4 N–H and O–H groups in total. The molecule has 3 rings (SSSR count). The summed E-state index contributed by atoms with van der Waals surface area (Å²) >= 11 is 0. The number of nitrogens with one attached hydrogen (secondary N) is 1. The number of halogens is 3. The van der Waals surface area contributed by atoms with E-state index in [2.05, 4.69) is 16.5 Å². The molecule has 3 aromatic rings. The van der Waals surface area contributed by atoms with Crippen LogP contribution in [-0.4, -0.2) is 21.5 Å². The summed E-state index contributed by atoms with van der Waals surface area (Å²) in [7, 11) is -2.24. The molecule has 1 heterocycles. The second-order valence-electron chi connectivity index (χ2n) is 8.49. The largest absolute Gasteiger partial charge is 0.416 e. The van der Waals surface area contributed by atoms with Crippen molar-refractivity contribution in [2.24, 2.45) is 5.73 Å². The van der Waals surface area contributed by atoms with Gasteiger partial charge < -0.3 is 20.1 Å². The number of aromatic nitrogens is 2. The molecule has 0 saturated heterocycles. The van der Waals surface area contributed by atoms with E-state index in [9.17, 15) is 18.1 Å². The Morgan fingerprint density at radius 3 is 2.63 bits per heavy atom. The molecule has 0 amide bonds. The smallest absolute Gasteiger partial charge is 0.341 e. The van der Waals surface area contributed by atoms with Crippen LogP contribution in [0.25, 0.3) is 16.8 Å². The van der Waals surface area contributed by atoms with Gasteiger partial charge in [0, 0.05) is 5.56 Å². The Bertz CT molecular complexity index is 1340. The highest BCUT2D eigenvalue weighted by Crippen LogP contribution is 2.36. The quantitative estimate of drug-likeness (QED) is 0.183. The first-order valence-corrected chi connectivity index (χ1v) is 12.9. The van der Waals surface area contributed by atoms with Crippen molar-refractivity contribution in [3.05, 3.63) is 108 Å². The number of nitrogens with zero attached hydrogens (tertiary/aromatic N) is 2. The number of H-pyrrole nitrogens is 1. The van der Waals surface area contributed by atoms with Gasteiger partial charge in [0.2, 0.25) is 0 Å². The van der Waals surface area contributed by atoms with E-state index < -0.39 is 26.2 Å². The number of rotatable bonds is 11. The van der Waals surface area contributed by atoms with Crippen LogP contribution in [0.2, 0.25) is 0 Å². The third-order valence-electron chi connectivity index (χ3n) is 5.82. The number of benzene rings is 2. The van der Waals surface area contributed by atoms with Crippen LogP contribution in [0.3, 0.4) is 0 Å². The Kier molecular flexibility index (Phi) is 10.2. The number of nitriles is 1. The standard InChI is InChI=1S/C28H28F3N4O2P/c1-3-4-5-6-19(2)21-10-7-20(8-11-21)9-12-22-13-14-23(15-24(22)28(29,30)31)26-16-34-27(35-26)25(33)17-37-38(36)18-32/h3-8,10-11,13-16,25,36H,1,9,12,17,33H2,2H3,(H,34,35)/b5-4-,19-6+. The van der Waals surface area contributed by atoms with Crippen molar-refractivity contribution in [3.63, 3.8) is 0 Å². The molecule has 2 atom stereocenters. The van der Waals surface area contributed by atoms with Crippen LogP contribution in [0.4, 0.5) is 13.2 Å². The molecule has 0 radical (unpaired) electrons. The zero-order valence-electron chi connectivity index (χ0n) is 20.7. The number of alkyl halides is 3. The number of allylic oxidation sites excluding steroid dienone is 5. The molecule has 0 aliphatic heterocycles. The van der Waals surface area contributed by atoms with Gasteiger partial charge in [0.25, 0.3) is 8.38 Å². The van der Waals surface area contributed by atoms with Crippen molar-refractivity contribution >= 4 is 13.9 Å². The molecular formula is C28H28F3N4O2P. The van der Waals surface area contributed by atoms with E-state index in [1.165, 1.54) is 12.3 Å². The molecule has 1 aromatic heterocycles. The van der Waals surface area contributed by atoms with Gasteiger partial charge in [-0.15, -0.1) is 0 Å². The number of aromatic amines is 1. The van der Waals surface area contributed by atoms with E-state index in [4.69, 9.17) is 15.5 Å². The second-order valence-corrected chi connectivity index (χ2v) is 9.50. The number of hydrogen-bond donors (Lipinski definition) is 3. The normalized spacial score (nSPS) is 13.9. The van der Waals surface area contributed by atoms with E-state index in [-0.39, 0.29) is 24.4 Å². The minimum Gasteiger partial charge on any atom is -0.341 e. The Balaban J connectivity index is 1.74. The molecular weight excluding hydrogens is 512 g/mol. The van der Waals surface area contributed by atoms with Gasteiger partial charge in [-0.25, -0.2) is 4.98 Å². The van der Waals surface area contributed by atoms with Crippen molar-refractivity contribution in [3.8, 4) is 17.1 Å². The fourth-order valence-corrected chi connectivity index (χ4v) is 4.10. The lowest BCUT2D eigenvalue weighted by molar-refractivity contribution is -0.138. The highest BCUT2D eigenvalue weighted by molar-refractivity contribution is 7.51. The summed E-state index contributed by atoms with van der Waals surface area (Å²) in [4.78, 5) is 16.3. The SMILES string of the molecule is C=C/C=C\C=C(/C)c1ccc(CCc2ccc(-c3cnc(C(N)COP(O)C#N)[nH]3)cc2C(F)(F)F)cc1. The average molecular weight is 541 g/mol. The van der Waals surface area contributed by atoms with Crippen LogP contribution in [0, 0.1) is 11.1 Å². The van der Waals surface area contributed by atoms with Crippen molar-refractivity contribution < 1.29 is 22.6 Å². The van der Waals surface area contributed by atoms with Gasteiger partial charge in [0.15, 0.2) is 0 Å². The first-order chi connectivity index (χ1) is 18.1. The number of nitrogens with two attached hydrogens (primary N) is 1. The summed E-state index contributed by atoms with van der Waals surface area (Å²) in [5, 5.41) is 8.59. The molecule has 0 bridgehead atoms. The zero-order chi connectivity index (χ0) is 27.7. The summed E-state index contributed by atoms with van der Waals surface area (Å²) in [6, 6.07) is 11.2. The molecule has 2 aromatic carbocycles. The third-order valence-corrected chi connectivity index (χ3v) is 6.39. The molecule has 0 spiro atoms. The van der Waals surface area contributed by atoms with Crippen LogP contribution in [0.15, 0.2) is 79.5 Å². The molecule has 6 nitrogen and oxygen atoms in total. The molecule has 2 unspecified atom stereocenters. The molecule has 0 aliphatic rings. The van der Waals surface area contributed by atoms with Crippen molar-refractivity contribution in [2.75, 3.05) is 6.61 Å². The average Bonchev–Trinajstić information content (AvgIpc) is 3.40. The predicted octanol–water partition coefficient (Wildman–Crippen LogP) is 6.83. The summed E-state index contributed by atoms with van der Waals surface area (Å²) in [6.07, 6.45) is 4.94. The number of hydrogen-bond acceptors (Lipinski definition) is 5. The van der Waals surface area contributed by atoms with Gasteiger partial charge in [-0.2, -0.15) is 18.4 Å². The summed E-state index contributed by atoms with van der Waals surface area (Å²) in [6.45, 7) is 5.46. The summed E-state index contributed by atoms with van der Waals surface area (Å²) in [5.41, 5.74) is 9.16. The molecule has 0 aliphatic carbocycles. The topological polar surface area (TPSA) is 108 Å². The lowest BCUT2D eigenvalue weighted by atomic mass is 9.96. The van der Waals surface area contributed by atoms with E-state index in [0.29, 0.717) is 17.7 Å². The highest BCUT2D eigenvalue weighted by Gasteiger charge is 2.33. The van der Waals surface area contributed by atoms with Crippen LogP contribution < -0.4 is 5.73 Å².